The summed E-state index contributed by atoms with van der Waals surface area (Å²) in [5, 5.41) is 3.50. The van der Waals surface area contributed by atoms with E-state index in [1.807, 2.05) is 6.20 Å². The van der Waals surface area contributed by atoms with Gasteiger partial charge in [0.15, 0.2) is 0 Å². The molecule has 2 rings (SSSR count). The number of nitrogens with one attached hydrogen (secondary N) is 1. The first-order valence-electron chi connectivity index (χ1n) is 5.51. The van der Waals surface area contributed by atoms with Crippen molar-refractivity contribution in [1.29, 1.82) is 0 Å². The highest BCUT2D eigenvalue weighted by Gasteiger charge is 2.19. The van der Waals surface area contributed by atoms with Crippen LogP contribution < -0.4 is 5.32 Å². The Hall–Kier alpha value is -1.00. The molecule has 0 unspecified atom stereocenters. The van der Waals surface area contributed by atoms with Crippen molar-refractivity contribution in [2.24, 2.45) is 0 Å². The predicted molar refractivity (Wildman–Crippen MR) is 59.4 cm³/mol. The molecule has 1 aliphatic rings. The number of nitrogens with zero attached hydrogens (tertiary/aromatic N) is 3. The molecule has 0 radical (unpaired) electrons. The summed E-state index contributed by atoms with van der Waals surface area (Å²) < 4.78 is 0. The third-order valence-corrected chi connectivity index (χ3v) is 2.55. The molecule has 1 aliphatic carbocycles. The number of rotatable bonds is 6. The predicted octanol–water partition coefficient (Wildman–Crippen LogP) is 0.660. The number of hydrogen-bond donors (Lipinski definition) is 1. The van der Waals surface area contributed by atoms with Crippen LogP contribution in [0.5, 0.6) is 0 Å². The molecule has 1 saturated carbocycles. The fourth-order valence-electron chi connectivity index (χ4n) is 1.51. The van der Waals surface area contributed by atoms with Crippen molar-refractivity contribution in [3.05, 3.63) is 24.3 Å². The molecule has 0 spiro atoms. The van der Waals surface area contributed by atoms with E-state index < -0.39 is 0 Å². The molecule has 1 N–H and O–H groups in total. The van der Waals surface area contributed by atoms with Crippen LogP contribution in [-0.2, 0) is 6.54 Å². The molecule has 1 aromatic heterocycles. The minimum atomic E-state index is 0.801. The summed E-state index contributed by atoms with van der Waals surface area (Å²) in [6, 6.07) is 0.801. The zero-order valence-corrected chi connectivity index (χ0v) is 9.19. The van der Waals surface area contributed by atoms with Crippen LogP contribution in [0.15, 0.2) is 18.6 Å². The van der Waals surface area contributed by atoms with Crippen molar-refractivity contribution >= 4 is 0 Å². The van der Waals surface area contributed by atoms with Crippen LogP contribution in [0.25, 0.3) is 0 Å². The third kappa shape index (κ3) is 3.93. The quantitative estimate of drug-likeness (QED) is 0.742. The summed E-state index contributed by atoms with van der Waals surface area (Å²) >= 11 is 0. The second-order valence-electron chi connectivity index (χ2n) is 4.16. The summed E-state index contributed by atoms with van der Waals surface area (Å²) in [5.74, 6) is 0. The van der Waals surface area contributed by atoms with E-state index in [0.29, 0.717) is 0 Å². The molecule has 0 saturated heterocycles. The SMILES string of the molecule is CN(CCNC1CC1)Cc1cnccn1. The molecule has 0 atom stereocenters. The van der Waals surface area contributed by atoms with E-state index >= 15 is 0 Å². The van der Waals surface area contributed by atoms with E-state index in [4.69, 9.17) is 0 Å². The Morgan fingerprint density at radius 3 is 3.00 bits per heavy atom. The lowest BCUT2D eigenvalue weighted by atomic mass is 10.4. The van der Waals surface area contributed by atoms with Crippen LogP contribution in [0.1, 0.15) is 18.5 Å². The summed E-state index contributed by atoms with van der Waals surface area (Å²) in [4.78, 5) is 10.6. The van der Waals surface area contributed by atoms with Gasteiger partial charge in [0.25, 0.3) is 0 Å². The van der Waals surface area contributed by atoms with E-state index in [1.165, 1.54) is 12.8 Å². The molecule has 1 aromatic rings. The maximum absolute atomic E-state index is 4.25. The van der Waals surface area contributed by atoms with Crippen molar-refractivity contribution in [2.75, 3.05) is 20.1 Å². The van der Waals surface area contributed by atoms with E-state index in [-0.39, 0.29) is 0 Å². The first kappa shape index (κ1) is 10.5. The van der Waals surface area contributed by atoms with Crippen LogP contribution in [0.3, 0.4) is 0 Å². The highest BCUT2D eigenvalue weighted by atomic mass is 15.1. The van der Waals surface area contributed by atoms with E-state index in [9.17, 15) is 0 Å². The topological polar surface area (TPSA) is 41.0 Å². The Morgan fingerprint density at radius 1 is 1.47 bits per heavy atom. The van der Waals surface area contributed by atoms with Crippen LogP contribution in [0.4, 0.5) is 0 Å². The normalized spacial score (nSPS) is 15.9. The Labute approximate surface area is 90.7 Å². The van der Waals surface area contributed by atoms with Crippen LogP contribution in [0, 0.1) is 0 Å². The number of aromatic nitrogens is 2. The number of likely N-dealkylation sites (N-methyl/N-ethyl adjacent to an activating group) is 1. The molecule has 4 heteroatoms. The molecular weight excluding hydrogens is 188 g/mol. The van der Waals surface area contributed by atoms with Gasteiger partial charge in [-0.1, -0.05) is 0 Å². The molecule has 0 aromatic carbocycles. The van der Waals surface area contributed by atoms with E-state index in [0.717, 1.165) is 31.4 Å². The molecule has 82 valence electrons. The second kappa shape index (κ2) is 5.19. The average molecular weight is 206 g/mol. The summed E-state index contributed by atoms with van der Waals surface area (Å²) in [5.41, 5.74) is 1.03. The molecular formula is C11H18N4. The van der Waals surface area contributed by atoms with Gasteiger partial charge in [-0.05, 0) is 19.9 Å². The monoisotopic (exact) mass is 206 g/mol. The van der Waals surface area contributed by atoms with Crippen LogP contribution >= 0.6 is 0 Å². The van der Waals surface area contributed by atoms with E-state index in [2.05, 4.69) is 27.2 Å². The standard InChI is InChI=1S/C11H18N4/c1-15(7-6-14-10-2-3-10)9-11-8-12-4-5-13-11/h4-5,8,10,14H,2-3,6-7,9H2,1H3. The highest BCUT2D eigenvalue weighted by molar-refractivity contribution is 4.93. The van der Waals surface area contributed by atoms with Gasteiger partial charge < -0.3 is 5.32 Å². The minimum Gasteiger partial charge on any atom is -0.313 e. The van der Waals surface area contributed by atoms with Gasteiger partial charge in [0.05, 0.1) is 5.69 Å². The fourth-order valence-corrected chi connectivity index (χ4v) is 1.51. The fraction of sp³-hybridized carbons (Fsp3) is 0.636. The molecule has 1 heterocycles. The summed E-state index contributed by atoms with van der Waals surface area (Å²) in [6.45, 7) is 3.01. The molecule has 0 aliphatic heterocycles. The third-order valence-electron chi connectivity index (χ3n) is 2.55. The molecule has 0 bridgehead atoms. The summed E-state index contributed by atoms with van der Waals surface area (Å²) in [7, 11) is 2.11. The van der Waals surface area contributed by atoms with Gasteiger partial charge in [-0.2, -0.15) is 0 Å². The maximum atomic E-state index is 4.25. The van der Waals surface area contributed by atoms with Crippen LogP contribution in [-0.4, -0.2) is 41.0 Å². The van der Waals surface area contributed by atoms with Crippen molar-refractivity contribution in [1.82, 2.24) is 20.2 Å². The zero-order valence-electron chi connectivity index (χ0n) is 9.19. The smallest absolute Gasteiger partial charge is 0.0726 e. The van der Waals surface area contributed by atoms with Crippen molar-refractivity contribution in [2.45, 2.75) is 25.4 Å². The van der Waals surface area contributed by atoms with Crippen molar-refractivity contribution in [3.8, 4) is 0 Å². The largest absolute Gasteiger partial charge is 0.313 e. The molecule has 1 fully saturated rings. The minimum absolute atomic E-state index is 0.801. The first-order valence-corrected chi connectivity index (χ1v) is 5.51. The lowest BCUT2D eigenvalue weighted by molar-refractivity contribution is 0.320. The highest BCUT2D eigenvalue weighted by Crippen LogP contribution is 2.17. The zero-order chi connectivity index (χ0) is 10.5. The van der Waals surface area contributed by atoms with Gasteiger partial charge >= 0.3 is 0 Å². The van der Waals surface area contributed by atoms with Gasteiger partial charge in [0, 0.05) is 44.3 Å². The van der Waals surface area contributed by atoms with Crippen LogP contribution in [0.2, 0.25) is 0 Å². The lowest BCUT2D eigenvalue weighted by Crippen LogP contribution is -2.30. The Kier molecular flexibility index (Phi) is 3.64. The maximum Gasteiger partial charge on any atom is 0.0726 e. The number of hydrogen-bond acceptors (Lipinski definition) is 4. The van der Waals surface area contributed by atoms with Crippen molar-refractivity contribution in [3.63, 3.8) is 0 Å². The average Bonchev–Trinajstić information content (AvgIpc) is 3.03. The molecule has 15 heavy (non-hydrogen) atoms. The van der Waals surface area contributed by atoms with Gasteiger partial charge in [-0.25, -0.2) is 0 Å². The van der Waals surface area contributed by atoms with Gasteiger partial charge in [0.2, 0.25) is 0 Å². The Morgan fingerprint density at radius 2 is 2.33 bits per heavy atom. The lowest BCUT2D eigenvalue weighted by Gasteiger charge is -2.15. The van der Waals surface area contributed by atoms with Gasteiger partial charge in [-0.15, -0.1) is 0 Å². The van der Waals surface area contributed by atoms with Gasteiger partial charge in [-0.3, -0.25) is 14.9 Å². The molecule has 0 amide bonds. The first-order chi connectivity index (χ1) is 7.34. The van der Waals surface area contributed by atoms with Gasteiger partial charge in [0.1, 0.15) is 0 Å². The Balaban J connectivity index is 1.65. The molecule has 4 nitrogen and oxygen atoms in total. The Bertz CT molecular complexity index is 284. The second-order valence-corrected chi connectivity index (χ2v) is 4.16. The van der Waals surface area contributed by atoms with E-state index in [1.54, 1.807) is 12.4 Å². The summed E-state index contributed by atoms with van der Waals surface area (Å²) in [6.07, 6.45) is 7.98. The van der Waals surface area contributed by atoms with Crippen molar-refractivity contribution < 1.29 is 0 Å².